The van der Waals surface area contributed by atoms with Gasteiger partial charge in [0.2, 0.25) is 0 Å². The van der Waals surface area contributed by atoms with Crippen molar-refractivity contribution in [2.45, 2.75) is 25.3 Å². The maximum atomic E-state index is 6.22. The lowest BCUT2D eigenvalue weighted by Gasteiger charge is -2.45. The van der Waals surface area contributed by atoms with Crippen molar-refractivity contribution in [3.8, 4) is 5.75 Å². The van der Waals surface area contributed by atoms with Gasteiger partial charge in [0.1, 0.15) is 5.75 Å². The van der Waals surface area contributed by atoms with Crippen molar-refractivity contribution in [1.29, 1.82) is 0 Å². The molecule has 0 aromatic heterocycles. The SMILES string of the molecule is COc1ccc(N2CCN3CCCCC3C2)cc1Cl. The minimum absolute atomic E-state index is 0.700. The largest absolute Gasteiger partial charge is 0.495 e. The van der Waals surface area contributed by atoms with Gasteiger partial charge in [-0.25, -0.2) is 0 Å². The molecule has 1 atom stereocenters. The summed E-state index contributed by atoms with van der Waals surface area (Å²) < 4.78 is 5.21. The highest BCUT2D eigenvalue weighted by molar-refractivity contribution is 6.32. The van der Waals surface area contributed by atoms with E-state index in [2.05, 4.69) is 15.9 Å². The van der Waals surface area contributed by atoms with Gasteiger partial charge in [-0.3, -0.25) is 4.90 Å². The number of halogens is 1. The van der Waals surface area contributed by atoms with Crippen LogP contribution in [-0.2, 0) is 0 Å². The standard InChI is InChI=1S/C15H21ClN2O/c1-19-15-6-5-12(10-14(15)16)18-9-8-17-7-3-2-4-13(17)11-18/h5-6,10,13H,2-4,7-9,11H2,1H3. The van der Waals surface area contributed by atoms with E-state index in [0.717, 1.165) is 24.9 Å². The maximum Gasteiger partial charge on any atom is 0.137 e. The quantitative estimate of drug-likeness (QED) is 0.828. The second kappa shape index (κ2) is 5.59. The summed E-state index contributed by atoms with van der Waals surface area (Å²) in [6.45, 7) is 4.68. The average Bonchev–Trinajstić information content (AvgIpc) is 2.46. The van der Waals surface area contributed by atoms with E-state index in [1.54, 1.807) is 7.11 Å². The molecule has 1 aromatic rings. The van der Waals surface area contributed by atoms with E-state index in [1.165, 1.54) is 38.0 Å². The number of hydrogen-bond donors (Lipinski definition) is 0. The smallest absolute Gasteiger partial charge is 0.137 e. The fourth-order valence-corrected chi connectivity index (χ4v) is 3.49. The van der Waals surface area contributed by atoms with E-state index >= 15 is 0 Å². The highest BCUT2D eigenvalue weighted by Crippen LogP contribution is 2.31. The monoisotopic (exact) mass is 280 g/mol. The molecule has 104 valence electrons. The number of fused-ring (bicyclic) bond motifs is 1. The molecule has 0 aliphatic carbocycles. The Balaban J connectivity index is 1.74. The van der Waals surface area contributed by atoms with Gasteiger partial charge in [0.25, 0.3) is 0 Å². The Morgan fingerprint density at radius 3 is 2.89 bits per heavy atom. The first kappa shape index (κ1) is 13.1. The Morgan fingerprint density at radius 1 is 1.21 bits per heavy atom. The van der Waals surface area contributed by atoms with Crippen LogP contribution in [0.25, 0.3) is 0 Å². The summed E-state index contributed by atoms with van der Waals surface area (Å²) in [5, 5.41) is 0.700. The van der Waals surface area contributed by atoms with E-state index in [1.807, 2.05) is 12.1 Å². The van der Waals surface area contributed by atoms with Crippen molar-refractivity contribution in [3.63, 3.8) is 0 Å². The Kier molecular flexibility index (Phi) is 3.85. The van der Waals surface area contributed by atoms with Crippen molar-refractivity contribution in [2.75, 3.05) is 38.2 Å². The molecule has 2 fully saturated rings. The molecule has 2 heterocycles. The van der Waals surface area contributed by atoms with Crippen molar-refractivity contribution in [1.82, 2.24) is 4.90 Å². The zero-order valence-electron chi connectivity index (χ0n) is 11.4. The highest BCUT2D eigenvalue weighted by atomic mass is 35.5. The number of anilines is 1. The van der Waals surface area contributed by atoms with E-state index in [4.69, 9.17) is 16.3 Å². The van der Waals surface area contributed by atoms with Crippen molar-refractivity contribution >= 4 is 17.3 Å². The van der Waals surface area contributed by atoms with Crippen molar-refractivity contribution in [2.24, 2.45) is 0 Å². The average molecular weight is 281 g/mol. The third kappa shape index (κ3) is 2.67. The molecule has 0 saturated carbocycles. The van der Waals surface area contributed by atoms with Gasteiger partial charge in [-0.1, -0.05) is 18.0 Å². The molecular weight excluding hydrogens is 260 g/mol. The summed E-state index contributed by atoms with van der Waals surface area (Å²) in [4.78, 5) is 5.10. The number of methoxy groups -OCH3 is 1. The molecule has 0 N–H and O–H groups in total. The lowest BCUT2D eigenvalue weighted by atomic mass is 9.99. The molecule has 4 heteroatoms. The minimum atomic E-state index is 0.700. The van der Waals surface area contributed by atoms with E-state index in [-0.39, 0.29) is 0 Å². The van der Waals surface area contributed by atoms with E-state index in [9.17, 15) is 0 Å². The summed E-state index contributed by atoms with van der Waals surface area (Å²) in [7, 11) is 1.65. The van der Waals surface area contributed by atoms with Gasteiger partial charge in [-0.15, -0.1) is 0 Å². The zero-order chi connectivity index (χ0) is 13.2. The number of piperidine rings is 1. The molecule has 1 unspecified atom stereocenters. The second-order valence-corrected chi connectivity index (χ2v) is 5.86. The minimum Gasteiger partial charge on any atom is -0.495 e. The van der Waals surface area contributed by atoms with Crippen molar-refractivity contribution < 1.29 is 4.74 Å². The predicted octanol–water partition coefficient (Wildman–Crippen LogP) is 3.02. The van der Waals surface area contributed by atoms with E-state index < -0.39 is 0 Å². The molecular formula is C15H21ClN2O. The van der Waals surface area contributed by atoms with Crippen LogP contribution < -0.4 is 9.64 Å². The second-order valence-electron chi connectivity index (χ2n) is 5.45. The first-order chi connectivity index (χ1) is 9.28. The Hall–Kier alpha value is -0.930. The summed E-state index contributed by atoms with van der Waals surface area (Å²) >= 11 is 6.22. The molecule has 0 amide bonds. The molecule has 19 heavy (non-hydrogen) atoms. The third-order valence-corrected chi connectivity index (χ3v) is 4.63. The first-order valence-corrected chi connectivity index (χ1v) is 7.48. The van der Waals surface area contributed by atoms with Gasteiger partial charge in [-0.05, 0) is 37.6 Å². The number of ether oxygens (including phenoxy) is 1. The topological polar surface area (TPSA) is 15.7 Å². The Bertz CT molecular complexity index is 452. The van der Waals surface area contributed by atoms with Crippen molar-refractivity contribution in [3.05, 3.63) is 23.2 Å². The van der Waals surface area contributed by atoms with Crippen LogP contribution in [0.1, 0.15) is 19.3 Å². The van der Waals surface area contributed by atoms with Crippen LogP contribution in [0.3, 0.4) is 0 Å². The van der Waals surface area contributed by atoms with Gasteiger partial charge in [-0.2, -0.15) is 0 Å². The van der Waals surface area contributed by atoms with Gasteiger partial charge in [0.15, 0.2) is 0 Å². The van der Waals surface area contributed by atoms with Crippen LogP contribution >= 0.6 is 11.6 Å². The maximum absolute atomic E-state index is 6.22. The van der Waals surface area contributed by atoms with Crippen LogP contribution in [0, 0.1) is 0 Å². The predicted molar refractivity (Wildman–Crippen MR) is 79.4 cm³/mol. The summed E-state index contributed by atoms with van der Waals surface area (Å²) in [6.07, 6.45) is 4.07. The lowest BCUT2D eigenvalue weighted by molar-refractivity contribution is 0.133. The van der Waals surface area contributed by atoms with Crippen LogP contribution in [0.15, 0.2) is 18.2 Å². The summed E-state index contributed by atoms with van der Waals surface area (Å²) in [6, 6.07) is 6.83. The molecule has 0 spiro atoms. The van der Waals surface area contributed by atoms with Crippen LogP contribution in [0.4, 0.5) is 5.69 Å². The van der Waals surface area contributed by atoms with Crippen LogP contribution in [0.2, 0.25) is 5.02 Å². The van der Waals surface area contributed by atoms with Crippen LogP contribution in [-0.4, -0.2) is 44.2 Å². The highest BCUT2D eigenvalue weighted by Gasteiger charge is 2.29. The fraction of sp³-hybridized carbons (Fsp3) is 0.600. The number of rotatable bonds is 2. The van der Waals surface area contributed by atoms with Gasteiger partial charge in [0, 0.05) is 31.4 Å². The molecule has 3 rings (SSSR count). The summed E-state index contributed by atoms with van der Waals surface area (Å²) in [5.41, 5.74) is 1.22. The summed E-state index contributed by atoms with van der Waals surface area (Å²) in [5.74, 6) is 0.752. The van der Waals surface area contributed by atoms with Crippen LogP contribution in [0.5, 0.6) is 5.75 Å². The van der Waals surface area contributed by atoms with Gasteiger partial charge >= 0.3 is 0 Å². The molecule has 3 nitrogen and oxygen atoms in total. The number of hydrogen-bond acceptors (Lipinski definition) is 3. The lowest BCUT2D eigenvalue weighted by Crippen LogP contribution is -2.54. The van der Waals surface area contributed by atoms with Gasteiger partial charge < -0.3 is 9.64 Å². The Morgan fingerprint density at radius 2 is 2.11 bits per heavy atom. The molecule has 0 bridgehead atoms. The molecule has 1 aromatic carbocycles. The molecule has 2 saturated heterocycles. The number of nitrogens with zero attached hydrogens (tertiary/aromatic N) is 2. The normalized spacial score (nSPS) is 24.1. The number of benzene rings is 1. The van der Waals surface area contributed by atoms with E-state index in [0.29, 0.717) is 5.02 Å². The fourth-order valence-electron chi connectivity index (χ4n) is 3.24. The third-order valence-electron chi connectivity index (χ3n) is 4.34. The molecule has 0 radical (unpaired) electrons. The zero-order valence-corrected chi connectivity index (χ0v) is 12.2. The Labute approximate surface area is 120 Å². The molecule has 2 aliphatic heterocycles. The van der Waals surface area contributed by atoms with Gasteiger partial charge in [0.05, 0.1) is 12.1 Å². The number of piperazine rings is 1. The molecule has 2 aliphatic rings. The first-order valence-electron chi connectivity index (χ1n) is 7.10.